The van der Waals surface area contributed by atoms with Gasteiger partial charge in [0.05, 0.1) is 11.4 Å². The predicted molar refractivity (Wildman–Crippen MR) is 98.6 cm³/mol. The van der Waals surface area contributed by atoms with Gasteiger partial charge < -0.3 is 0 Å². The minimum absolute atomic E-state index is 0.210. The highest BCUT2D eigenvalue weighted by atomic mass is 19.1. The van der Waals surface area contributed by atoms with E-state index in [1.807, 2.05) is 31.2 Å². The third-order valence-corrected chi connectivity index (χ3v) is 4.01. The van der Waals surface area contributed by atoms with Gasteiger partial charge in [-0.3, -0.25) is 9.78 Å². The summed E-state index contributed by atoms with van der Waals surface area (Å²) in [7, 11) is 0. The number of aromatic nitrogens is 4. The lowest BCUT2D eigenvalue weighted by Gasteiger charge is -2.08. The Morgan fingerprint density at radius 2 is 1.88 bits per heavy atom. The van der Waals surface area contributed by atoms with Gasteiger partial charge in [0.1, 0.15) is 5.82 Å². The molecule has 0 amide bonds. The van der Waals surface area contributed by atoms with Crippen LogP contribution < -0.4 is 5.56 Å². The quantitative estimate of drug-likeness (QED) is 0.570. The Balaban J connectivity index is 1.81. The molecule has 128 valence electrons. The van der Waals surface area contributed by atoms with Crippen LogP contribution in [0.4, 0.5) is 4.39 Å². The molecule has 5 nitrogen and oxygen atoms in total. The van der Waals surface area contributed by atoms with Crippen LogP contribution in [0.15, 0.2) is 65.7 Å². The van der Waals surface area contributed by atoms with Gasteiger partial charge in [-0.1, -0.05) is 12.1 Å². The molecule has 0 aliphatic carbocycles. The van der Waals surface area contributed by atoms with Crippen LogP contribution in [0.2, 0.25) is 0 Å². The number of hydrogen-bond acceptors (Lipinski definition) is 3. The third kappa shape index (κ3) is 2.93. The fourth-order valence-electron chi connectivity index (χ4n) is 2.86. The van der Waals surface area contributed by atoms with Gasteiger partial charge in [-0.15, -0.1) is 0 Å². The fourth-order valence-corrected chi connectivity index (χ4v) is 2.86. The second kappa shape index (κ2) is 6.40. The molecule has 0 atom stereocenters. The predicted octanol–water partition coefficient (Wildman–Crippen LogP) is 3.50. The van der Waals surface area contributed by atoms with Crippen LogP contribution in [0.5, 0.6) is 0 Å². The van der Waals surface area contributed by atoms with E-state index in [-0.39, 0.29) is 11.4 Å². The number of pyridine rings is 1. The smallest absolute Gasteiger partial charge is 0.267 e. The lowest BCUT2D eigenvalue weighted by molar-refractivity contribution is 0.626. The van der Waals surface area contributed by atoms with Crippen LogP contribution in [0.3, 0.4) is 0 Å². The van der Waals surface area contributed by atoms with Crippen LogP contribution in [0.25, 0.3) is 23.5 Å². The van der Waals surface area contributed by atoms with Crippen LogP contribution in [-0.4, -0.2) is 19.2 Å². The van der Waals surface area contributed by atoms with Gasteiger partial charge in [0.15, 0.2) is 5.65 Å². The van der Waals surface area contributed by atoms with E-state index < -0.39 is 0 Å². The van der Waals surface area contributed by atoms with Crippen molar-refractivity contribution >= 4 is 17.8 Å². The number of nitrogens with zero attached hydrogens (tertiary/aromatic N) is 4. The molecule has 0 bridgehead atoms. The molecule has 0 radical (unpaired) electrons. The van der Waals surface area contributed by atoms with Crippen LogP contribution in [-0.2, 0) is 0 Å². The molecule has 3 aromatic heterocycles. The zero-order valence-electron chi connectivity index (χ0n) is 14.0. The number of rotatable bonds is 3. The molecule has 0 saturated heterocycles. The summed E-state index contributed by atoms with van der Waals surface area (Å²) in [5, 5.41) is 0. The summed E-state index contributed by atoms with van der Waals surface area (Å²) in [4.78, 5) is 21.3. The van der Waals surface area contributed by atoms with Gasteiger partial charge in [-0.25, -0.2) is 14.1 Å². The summed E-state index contributed by atoms with van der Waals surface area (Å²) in [6.45, 7) is 1.88. The summed E-state index contributed by atoms with van der Waals surface area (Å²) in [6.07, 6.45) is 7.07. The zero-order chi connectivity index (χ0) is 18.1. The minimum Gasteiger partial charge on any atom is -0.267 e. The van der Waals surface area contributed by atoms with E-state index in [2.05, 4.69) is 9.97 Å². The van der Waals surface area contributed by atoms with Crippen LogP contribution in [0, 0.1) is 12.7 Å². The summed E-state index contributed by atoms with van der Waals surface area (Å²) >= 11 is 0. The molecule has 0 spiro atoms. The van der Waals surface area contributed by atoms with Gasteiger partial charge in [-0.05, 0) is 48.9 Å². The first-order chi connectivity index (χ1) is 12.6. The number of halogens is 1. The lowest BCUT2D eigenvalue weighted by atomic mass is 10.2. The SMILES string of the molecule is Cc1cc2nc(/C=C/c3cccnc3)cc(=O)n2n1-c1ccc(F)cc1. The first kappa shape index (κ1) is 16.0. The maximum atomic E-state index is 13.2. The van der Waals surface area contributed by atoms with Crippen molar-refractivity contribution < 1.29 is 4.39 Å². The molecule has 3 heterocycles. The maximum Gasteiger partial charge on any atom is 0.273 e. The monoisotopic (exact) mass is 346 g/mol. The highest BCUT2D eigenvalue weighted by molar-refractivity contribution is 5.68. The highest BCUT2D eigenvalue weighted by Gasteiger charge is 2.11. The van der Waals surface area contributed by atoms with E-state index in [1.165, 1.54) is 22.7 Å². The van der Waals surface area contributed by atoms with Crippen molar-refractivity contribution in [3.63, 3.8) is 0 Å². The van der Waals surface area contributed by atoms with Crippen molar-refractivity contribution in [2.75, 3.05) is 0 Å². The van der Waals surface area contributed by atoms with E-state index in [0.29, 0.717) is 17.0 Å². The van der Waals surface area contributed by atoms with E-state index in [0.717, 1.165) is 11.3 Å². The average molecular weight is 346 g/mol. The molecule has 4 aromatic rings. The third-order valence-electron chi connectivity index (χ3n) is 4.01. The van der Waals surface area contributed by atoms with Crippen LogP contribution >= 0.6 is 0 Å². The Morgan fingerprint density at radius 1 is 1.08 bits per heavy atom. The number of fused-ring (bicyclic) bond motifs is 1. The molecule has 0 unspecified atom stereocenters. The van der Waals surface area contributed by atoms with Crippen LogP contribution in [0.1, 0.15) is 17.0 Å². The number of benzene rings is 1. The molecule has 0 N–H and O–H groups in total. The molecular weight excluding hydrogens is 331 g/mol. The van der Waals surface area contributed by atoms with Gasteiger partial charge >= 0.3 is 0 Å². The Hall–Kier alpha value is -3.54. The zero-order valence-corrected chi connectivity index (χ0v) is 14.0. The second-order valence-electron chi connectivity index (χ2n) is 5.88. The number of aryl methyl sites for hydroxylation is 1. The molecule has 0 aliphatic heterocycles. The number of hydrogen-bond donors (Lipinski definition) is 0. The van der Waals surface area contributed by atoms with Crippen molar-refractivity contribution in [1.82, 2.24) is 19.2 Å². The summed E-state index contributed by atoms with van der Waals surface area (Å²) < 4.78 is 16.4. The van der Waals surface area contributed by atoms with Crippen molar-refractivity contribution in [2.24, 2.45) is 0 Å². The average Bonchev–Trinajstić information content (AvgIpc) is 2.98. The van der Waals surface area contributed by atoms with Gasteiger partial charge in [0.25, 0.3) is 5.56 Å². The Bertz CT molecular complexity index is 1160. The van der Waals surface area contributed by atoms with E-state index >= 15 is 0 Å². The normalized spacial score (nSPS) is 11.5. The second-order valence-corrected chi connectivity index (χ2v) is 5.88. The molecule has 4 rings (SSSR count). The fraction of sp³-hybridized carbons (Fsp3) is 0.0500. The van der Waals surface area contributed by atoms with Crippen molar-refractivity contribution in [3.8, 4) is 5.69 Å². The molecular formula is C20H15FN4O. The molecule has 1 aromatic carbocycles. The molecule has 0 fully saturated rings. The maximum absolute atomic E-state index is 13.2. The molecule has 0 saturated carbocycles. The van der Waals surface area contributed by atoms with Crippen molar-refractivity contribution in [3.05, 3.63) is 94.0 Å². The first-order valence-corrected chi connectivity index (χ1v) is 8.08. The Labute approximate surface area is 148 Å². The highest BCUT2D eigenvalue weighted by Crippen LogP contribution is 2.15. The standard InChI is InChI=1S/C20H15FN4O/c1-14-11-19-23-17(7-4-15-3-2-10-22-13-15)12-20(26)25(19)24(14)18-8-5-16(21)6-9-18/h2-13H,1H3/b7-4+. The topological polar surface area (TPSA) is 52.2 Å². The summed E-state index contributed by atoms with van der Waals surface area (Å²) in [6, 6.07) is 13.1. The van der Waals surface area contributed by atoms with Crippen molar-refractivity contribution in [2.45, 2.75) is 6.92 Å². The van der Waals surface area contributed by atoms with E-state index in [4.69, 9.17) is 0 Å². The first-order valence-electron chi connectivity index (χ1n) is 8.08. The summed E-state index contributed by atoms with van der Waals surface area (Å²) in [5.74, 6) is -0.323. The van der Waals surface area contributed by atoms with Gasteiger partial charge in [0.2, 0.25) is 0 Å². The largest absolute Gasteiger partial charge is 0.273 e. The summed E-state index contributed by atoms with van der Waals surface area (Å²) in [5.41, 5.74) is 3.34. The van der Waals surface area contributed by atoms with Gasteiger partial charge in [-0.2, -0.15) is 4.52 Å². The molecule has 0 aliphatic rings. The van der Waals surface area contributed by atoms with E-state index in [1.54, 1.807) is 35.3 Å². The molecule has 26 heavy (non-hydrogen) atoms. The van der Waals surface area contributed by atoms with E-state index in [9.17, 15) is 9.18 Å². The minimum atomic E-state index is -0.323. The lowest BCUT2D eigenvalue weighted by Crippen LogP contribution is -2.20. The van der Waals surface area contributed by atoms with Gasteiger partial charge in [0, 0.05) is 30.2 Å². The van der Waals surface area contributed by atoms with Crippen molar-refractivity contribution in [1.29, 1.82) is 0 Å². The molecule has 6 heteroatoms. The Kier molecular flexibility index (Phi) is 3.93. The Morgan fingerprint density at radius 3 is 2.62 bits per heavy atom.